The molecule has 0 radical (unpaired) electrons. The van der Waals surface area contributed by atoms with Crippen LogP contribution >= 0.6 is 11.3 Å². The molecule has 1 fully saturated rings. The molecule has 0 atom stereocenters. The molecule has 0 saturated carbocycles. The maximum absolute atomic E-state index is 13.0. The molecule has 5 nitrogen and oxygen atoms in total. The van der Waals surface area contributed by atoms with Crippen LogP contribution in [0.1, 0.15) is 37.5 Å². The minimum absolute atomic E-state index is 0.289. The Bertz CT molecular complexity index is 724. The number of nitrogens with zero attached hydrogens (tertiary/aromatic N) is 1. The molecule has 0 unspecified atom stereocenters. The topological polar surface area (TPSA) is 63.2 Å². The standard InChI is InChI=1S/C18H22FN3O2S/c1-18(2,24-14-5-3-13(19)4-6-14)16(23)22-17-21-11-15(25-17)12-7-9-20-10-8-12/h3-6,11-12,20H,7-10H2,1-2H3,(H,21,22,23). The molecule has 1 aromatic carbocycles. The summed E-state index contributed by atoms with van der Waals surface area (Å²) >= 11 is 1.52. The van der Waals surface area contributed by atoms with Gasteiger partial charge in [-0.15, -0.1) is 11.3 Å². The van der Waals surface area contributed by atoms with Crippen LogP contribution in [0.5, 0.6) is 5.75 Å². The number of thiazole rings is 1. The average Bonchev–Trinajstić information content (AvgIpc) is 3.06. The smallest absolute Gasteiger partial charge is 0.269 e. The van der Waals surface area contributed by atoms with Gasteiger partial charge in [-0.1, -0.05) is 0 Å². The summed E-state index contributed by atoms with van der Waals surface area (Å²) in [7, 11) is 0. The molecule has 0 bridgehead atoms. The zero-order chi connectivity index (χ0) is 17.9. The maximum atomic E-state index is 13.0. The molecular weight excluding hydrogens is 341 g/mol. The van der Waals surface area contributed by atoms with E-state index in [1.807, 2.05) is 6.20 Å². The van der Waals surface area contributed by atoms with E-state index < -0.39 is 5.60 Å². The van der Waals surface area contributed by atoms with E-state index in [-0.39, 0.29) is 11.7 Å². The van der Waals surface area contributed by atoms with Gasteiger partial charge in [-0.2, -0.15) is 0 Å². The molecule has 1 aliphatic heterocycles. The van der Waals surface area contributed by atoms with Crippen LogP contribution in [0.4, 0.5) is 9.52 Å². The Labute approximate surface area is 150 Å². The molecule has 0 spiro atoms. The largest absolute Gasteiger partial charge is 0.478 e. The van der Waals surface area contributed by atoms with Crippen molar-refractivity contribution < 1.29 is 13.9 Å². The van der Waals surface area contributed by atoms with Gasteiger partial charge in [0, 0.05) is 11.1 Å². The van der Waals surface area contributed by atoms with Gasteiger partial charge in [0.1, 0.15) is 11.6 Å². The highest BCUT2D eigenvalue weighted by atomic mass is 32.1. The highest BCUT2D eigenvalue weighted by molar-refractivity contribution is 7.15. The fourth-order valence-corrected chi connectivity index (χ4v) is 3.71. The van der Waals surface area contributed by atoms with Crippen molar-refractivity contribution in [2.24, 2.45) is 0 Å². The van der Waals surface area contributed by atoms with Gasteiger partial charge in [0.15, 0.2) is 10.7 Å². The molecule has 0 aliphatic carbocycles. The first kappa shape index (κ1) is 17.8. The number of carbonyl (C=O) groups excluding carboxylic acids is 1. The van der Waals surface area contributed by atoms with Crippen LogP contribution in [0.2, 0.25) is 0 Å². The Hall–Kier alpha value is -1.99. The van der Waals surface area contributed by atoms with Gasteiger partial charge in [0.2, 0.25) is 0 Å². The summed E-state index contributed by atoms with van der Waals surface area (Å²) in [4.78, 5) is 18.1. The lowest BCUT2D eigenvalue weighted by molar-refractivity contribution is -0.128. The van der Waals surface area contributed by atoms with E-state index in [0.717, 1.165) is 25.9 Å². The molecule has 134 valence electrons. The van der Waals surface area contributed by atoms with E-state index in [4.69, 9.17) is 4.74 Å². The third kappa shape index (κ3) is 4.55. The number of hydrogen-bond acceptors (Lipinski definition) is 5. The number of benzene rings is 1. The van der Waals surface area contributed by atoms with E-state index in [1.54, 1.807) is 13.8 Å². The Balaban J connectivity index is 1.62. The Morgan fingerprint density at radius 2 is 2.00 bits per heavy atom. The van der Waals surface area contributed by atoms with Crippen molar-refractivity contribution in [1.82, 2.24) is 10.3 Å². The molecule has 1 aromatic heterocycles. The minimum Gasteiger partial charge on any atom is -0.478 e. The SMILES string of the molecule is CC(C)(Oc1ccc(F)cc1)C(=O)Nc1ncc(C2CCNCC2)s1. The van der Waals surface area contributed by atoms with Gasteiger partial charge in [0.05, 0.1) is 0 Å². The summed E-state index contributed by atoms with van der Waals surface area (Å²) in [5, 5.41) is 6.75. The van der Waals surface area contributed by atoms with Gasteiger partial charge >= 0.3 is 0 Å². The maximum Gasteiger partial charge on any atom is 0.269 e. The van der Waals surface area contributed by atoms with Gasteiger partial charge in [-0.05, 0) is 70.0 Å². The van der Waals surface area contributed by atoms with Gasteiger partial charge < -0.3 is 10.1 Å². The summed E-state index contributed by atoms with van der Waals surface area (Å²) in [6.45, 7) is 5.38. The summed E-state index contributed by atoms with van der Waals surface area (Å²) < 4.78 is 18.7. The Morgan fingerprint density at radius 3 is 2.68 bits per heavy atom. The van der Waals surface area contributed by atoms with Crippen molar-refractivity contribution in [2.45, 2.75) is 38.2 Å². The first-order valence-corrected chi connectivity index (χ1v) is 9.18. The van der Waals surface area contributed by atoms with Crippen LogP contribution in [0.3, 0.4) is 0 Å². The minimum atomic E-state index is -1.10. The molecule has 2 N–H and O–H groups in total. The third-order valence-electron chi connectivity index (χ3n) is 4.22. The van der Waals surface area contributed by atoms with Crippen LogP contribution in [0, 0.1) is 5.82 Å². The van der Waals surface area contributed by atoms with Crippen molar-refractivity contribution in [3.05, 3.63) is 41.2 Å². The van der Waals surface area contributed by atoms with Crippen LogP contribution in [0.25, 0.3) is 0 Å². The highest BCUT2D eigenvalue weighted by Crippen LogP contribution is 2.32. The van der Waals surface area contributed by atoms with Crippen molar-refractivity contribution in [2.75, 3.05) is 18.4 Å². The van der Waals surface area contributed by atoms with Crippen molar-refractivity contribution in [3.8, 4) is 5.75 Å². The summed E-state index contributed by atoms with van der Waals surface area (Å²) in [5.41, 5.74) is -1.10. The molecule has 7 heteroatoms. The zero-order valence-electron chi connectivity index (χ0n) is 14.3. The number of nitrogens with one attached hydrogen (secondary N) is 2. The normalized spacial score (nSPS) is 15.8. The molecule has 2 heterocycles. The highest BCUT2D eigenvalue weighted by Gasteiger charge is 2.31. The first-order valence-electron chi connectivity index (χ1n) is 8.36. The summed E-state index contributed by atoms with van der Waals surface area (Å²) in [6.07, 6.45) is 4.04. The predicted molar refractivity (Wildman–Crippen MR) is 96.7 cm³/mol. The Morgan fingerprint density at radius 1 is 1.32 bits per heavy atom. The fourth-order valence-electron chi connectivity index (χ4n) is 2.73. The van der Waals surface area contributed by atoms with Crippen LogP contribution in [0.15, 0.2) is 30.5 Å². The monoisotopic (exact) mass is 363 g/mol. The zero-order valence-corrected chi connectivity index (χ0v) is 15.2. The number of amides is 1. The van der Waals surface area contributed by atoms with Gasteiger partial charge in [0.25, 0.3) is 5.91 Å². The Kier molecular flexibility index (Phi) is 5.34. The molecule has 2 aromatic rings. The van der Waals surface area contributed by atoms with E-state index in [0.29, 0.717) is 16.8 Å². The van der Waals surface area contributed by atoms with E-state index in [2.05, 4.69) is 15.6 Å². The van der Waals surface area contributed by atoms with Gasteiger partial charge in [-0.3, -0.25) is 10.1 Å². The molecule has 1 aliphatic rings. The number of carbonyl (C=O) groups is 1. The van der Waals surface area contributed by atoms with Crippen LogP contribution < -0.4 is 15.4 Å². The van der Waals surface area contributed by atoms with E-state index in [1.165, 1.54) is 40.5 Å². The third-order valence-corrected chi connectivity index (χ3v) is 5.29. The number of halogens is 1. The number of anilines is 1. The number of rotatable bonds is 5. The fraction of sp³-hybridized carbons (Fsp3) is 0.444. The van der Waals surface area contributed by atoms with Crippen molar-refractivity contribution in [3.63, 3.8) is 0 Å². The predicted octanol–water partition coefficient (Wildman–Crippen LogP) is 3.55. The van der Waals surface area contributed by atoms with Crippen LogP contribution in [-0.4, -0.2) is 29.6 Å². The molecule has 1 saturated heterocycles. The number of piperidine rings is 1. The molecular formula is C18H22FN3O2S. The second-order valence-electron chi connectivity index (χ2n) is 6.61. The van der Waals surface area contributed by atoms with Crippen LogP contribution in [-0.2, 0) is 4.79 Å². The van der Waals surface area contributed by atoms with E-state index in [9.17, 15) is 9.18 Å². The lowest BCUT2D eigenvalue weighted by Gasteiger charge is -2.24. The molecule has 3 rings (SSSR count). The lowest BCUT2D eigenvalue weighted by Crippen LogP contribution is -2.42. The van der Waals surface area contributed by atoms with Crippen molar-refractivity contribution >= 4 is 22.4 Å². The average molecular weight is 363 g/mol. The summed E-state index contributed by atoms with van der Waals surface area (Å²) in [5.74, 6) is 0.315. The number of hydrogen-bond donors (Lipinski definition) is 2. The summed E-state index contributed by atoms with van der Waals surface area (Å²) in [6, 6.07) is 5.61. The van der Waals surface area contributed by atoms with Crippen molar-refractivity contribution in [1.29, 1.82) is 0 Å². The number of aromatic nitrogens is 1. The molecule has 25 heavy (non-hydrogen) atoms. The van der Waals surface area contributed by atoms with E-state index >= 15 is 0 Å². The molecule has 1 amide bonds. The van der Waals surface area contributed by atoms with Gasteiger partial charge in [-0.25, -0.2) is 9.37 Å². The number of ether oxygens (including phenoxy) is 1. The quantitative estimate of drug-likeness (QED) is 0.853. The second kappa shape index (κ2) is 7.49. The lowest BCUT2D eigenvalue weighted by atomic mass is 9.97. The first-order chi connectivity index (χ1) is 11.9. The second-order valence-corrected chi connectivity index (χ2v) is 7.67.